The maximum Gasteiger partial charge on any atom is 0.330 e. The van der Waals surface area contributed by atoms with E-state index in [4.69, 9.17) is 0 Å². The fourth-order valence-electron chi connectivity index (χ4n) is 1.23. The van der Waals surface area contributed by atoms with E-state index >= 15 is 0 Å². The number of hydrogen-bond donors (Lipinski definition) is 1. The zero-order valence-electron chi connectivity index (χ0n) is 8.45. The number of hydrogen-bond acceptors (Lipinski definition) is 6. The highest BCUT2D eigenvalue weighted by atomic mass is 32.1. The number of nitro groups is 1. The predicted octanol–water partition coefficient (Wildman–Crippen LogP) is 1.40. The summed E-state index contributed by atoms with van der Waals surface area (Å²) in [6.45, 7) is 0.432. The molecule has 84 valence electrons. The van der Waals surface area contributed by atoms with Crippen molar-refractivity contribution in [2.75, 3.05) is 5.32 Å². The molecule has 2 aromatic heterocycles. The van der Waals surface area contributed by atoms with Crippen LogP contribution < -0.4 is 5.32 Å². The van der Waals surface area contributed by atoms with Gasteiger partial charge in [-0.2, -0.15) is 0 Å². The fourth-order valence-corrected chi connectivity index (χ4v) is 1.79. The molecule has 0 aliphatic heterocycles. The van der Waals surface area contributed by atoms with Crippen LogP contribution in [0.25, 0.3) is 0 Å². The van der Waals surface area contributed by atoms with Crippen molar-refractivity contribution in [2.45, 2.75) is 6.54 Å². The standard InChI is InChI=1S/C8H9N5O2S/c1-12-3-7(13(14)15)8(11-12)9-2-6-4-16-5-10-6/h3-5H,2H2,1H3,(H,9,11). The minimum absolute atomic E-state index is 0.0299. The van der Waals surface area contributed by atoms with Gasteiger partial charge in [0.25, 0.3) is 0 Å². The fraction of sp³-hybridized carbons (Fsp3) is 0.250. The number of nitrogens with one attached hydrogen (secondary N) is 1. The largest absolute Gasteiger partial charge is 0.357 e. The highest BCUT2D eigenvalue weighted by molar-refractivity contribution is 7.07. The van der Waals surface area contributed by atoms with E-state index in [-0.39, 0.29) is 11.5 Å². The quantitative estimate of drug-likeness (QED) is 0.643. The Hall–Kier alpha value is -1.96. The molecule has 0 aromatic carbocycles. The van der Waals surface area contributed by atoms with E-state index in [1.165, 1.54) is 22.2 Å². The van der Waals surface area contributed by atoms with Gasteiger partial charge in [-0.1, -0.05) is 0 Å². The van der Waals surface area contributed by atoms with Gasteiger partial charge in [0, 0.05) is 12.4 Å². The Balaban J connectivity index is 2.12. The summed E-state index contributed by atoms with van der Waals surface area (Å²) in [5.41, 5.74) is 2.52. The van der Waals surface area contributed by atoms with Gasteiger partial charge in [0.15, 0.2) is 0 Å². The minimum atomic E-state index is -0.462. The number of nitrogens with zero attached hydrogens (tertiary/aromatic N) is 4. The van der Waals surface area contributed by atoms with E-state index in [0.717, 1.165) is 5.69 Å². The first kappa shape index (κ1) is 10.6. The van der Waals surface area contributed by atoms with Gasteiger partial charge in [-0.15, -0.1) is 16.4 Å². The van der Waals surface area contributed by atoms with Crippen LogP contribution in [0, 0.1) is 10.1 Å². The zero-order valence-corrected chi connectivity index (χ0v) is 9.27. The summed E-state index contributed by atoms with van der Waals surface area (Å²) in [4.78, 5) is 14.3. The SMILES string of the molecule is Cn1cc([N+](=O)[O-])c(NCc2cscn2)n1. The molecule has 0 saturated heterocycles. The molecule has 0 saturated carbocycles. The highest BCUT2D eigenvalue weighted by Gasteiger charge is 2.17. The third kappa shape index (κ3) is 2.16. The molecule has 0 aliphatic carbocycles. The molecule has 0 amide bonds. The zero-order chi connectivity index (χ0) is 11.5. The van der Waals surface area contributed by atoms with Crippen LogP contribution >= 0.6 is 11.3 Å². The van der Waals surface area contributed by atoms with Crippen LogP contribution in [0.5, 0.6) is 0 Å². The summed E-state index contributed by atoms with van der Waals surface area (Å²) >= 11 is 1.48. The van der Waals surface area contributed by atoms with E-state index in [0.29, 0.717) is 6.54 Å². The lowest BCUT2D eigenvalue weighted by Crippen LogP contribution is -2.02. The summed E-state index contributed by atoms with van der Waals surface area (Å²) in [5.74, 6) is 0.264. The molecule has 2 aromatic rings. The Labute approximate surface area is 94.9 Å². The van der Waals surface area contributed by atoms with Crippen LogP contribution in [0.4, 0.5) is 11.5 Å². The van der Waals surface area contributed by atoms with E-state index in [9.17, 15) is 10.1 Å². The van der Waals surface area contributed by atoms with Crippen LogP contribution in [0.15, 0.2) is 17.1 Å². The summed E-state index contributed by atoms with van der Waals surface area (Å²) in [7, 11) is 1.64. The van der Waals surface area contributed by atoms with Crippen LogP contribution in [0.2, 0.25) is 0 Å². The second-order valence-electron chi connectivity index (χ2n) is 3.13. The van der Waals surface area contributed by atoms with Gasteiger partial charge < -0.3 is 5.32 Å². The van der Waals surface area contributed by atoms with Gasteiger partial charge >= 0.3 is 5.69 Å². The average Bonchev–Trinajstić information content (AvgIpc) is 2.83. The summed E-state index contributed by atoms with van der Waals surface area (Å²) in [6, 6.07) is 0. The molecule has 0 fully saturated rings. The van der Waals surface area contributed by atoms with Gasteiger partial charge in [0.05, 0.1) is 22.7 Å². The van der Waals surface area contributed by atoms with Gasteiger partial charge in [0.1, 0.15) is 6.20 Å². The van der Waals surface area contributed by atoms with Crippen molar-refractivity contribution in [3.05, 3.63) is 32.9 Å². The van der Waals surface area contributed by atoms with Crippen molar-refractivity contribution in [3.8, 4) is 0 Å². The van der Waals surface area contributed by atoms with Crippen molar-refractivity contribution in [1.82, 2.24) is 14.8 Å². The van der Waals surface area contributed by atoms with Gasteiger partial charge in [-0.3, -0.25) is 14.8 Å². The Kier molecular flexibility index (Phi) is 2.82. The topological polar surface area (TPSA) is 85.9 Å². The molecule has 7 nitrogen and oxygen atoms in total. The lowest BCUT2D eigenvalue weighted by molar-refractivity contribution is -0.384. The molecule has 0 bridgehead atoms. The monoisotopic (exact) mass is 239 g/mol. The molecule has 2 rings (SSSR count). The summed E-state index contributed by atoms with van der Waals surface area (Å²) in [5, 5.41) is 19.4. The Morgan fingerprint density at radius 1 is 1.69 bits per heavy atom. The highest BCUT2D eigenvalue weighted by Crippen LogP contribution is 2.21. The molecule has 0 spiro atoms. The lowest BCUT2D eigenvalue weighted by Gasteiger charge is -1.98. The smallest absolute Gasteiger partial charge is 0.330 e. The number of aromatic nitrogens is 3. The second-order valence-corrected chi connectivity index (χ2v) is 3.85. The van der Waals surface area contributed by atoms with E-state index in [1.807, 2.05) is 5.38 Å². The molecule has 0 unspecified atom stereocenters. The number of aryl methyl sites for hydroxylation is 1. The number of anilines is 1. The maximum absolute atomic E-state index is 10.7. The van der Waals surface area contributed by atoms with Crippen LogP contribution in [-0.2, 0) is 13.6 Å². The first-order valence-electron chi connectivity index (χ1n) is 4.46. The molecular weight excluding hydrogens is 230 g/mol. The van der Waals surface area contributed by atoms with Gasteiger partial charge in [0.2, 0.25) is 5.82 Å². The van der Waals surface area contributed by atoms with E-state index < -0.39 is 4.92 Å². The molecular formula is C8H9N5O2S. The van der Waals surface area contributed by atoms with Crippen LogP contribution in [0.1, 0.15) is 5.69 Å². The molecule has 16 heavy (non-hydrogen) atoms. The van der Waals surface area contributed by atoms with E-state index in [1.54, 1.807) is 12.6 Å². The third-order valence-electron chi connectivity index (χ3n) is 1.93. The maximum atomic E-state index is 10.7. The van der Waals surface area contributed by atoms with Crippen molar-refractivity contribution in [1.29, 1.82) is 0 Å². The first-order valence-corrected chi connectivity index (χ1v) is 5.40. The van der Waals surface area contributed by atoms with Crippen molar-refractivity contribution >= 4 is 22.8 Å². The summed E-state index contributed by atoms with van der Waals surface area (Å²) in [6.07, 6.45) is 1.36. The molecule has 0 aliphatic rings. The molecule has 0 radical (unpaired) electrons. The van der Waals surface area contributed by atoms with Gasteiger partial charge in [-0.05, 0) is 0 Å². The third-order valence-corrected chi connectivity index (χ3v) is 2.56. The molecule has 1 N–H and O–H groups in total. The van der Waals surface area contributed by atoms with Crippen molar-refractivity contribution in [2.24, 2.45) is 7.05 Å². The summed E-state index contributed by atoms with van der Waals surface area (Å²) < 4.78 is 1.40. The molecule has 0 atom stereocenters. The number of thiazole rings is 1. The molecule has 2 heterocycles. The lowest BCUT2D eigenvalue weighted by atomic mass is 10.4. The normalized spacial score (nSPS) is 10.3. The second kappa shape index (κ2) is 4.27. The van der Waals surface area contributed by atoms with Crippen LogP contribution in [0.3, 0.4) is 0 Å². The van der Waals surface area contributed by atoms with E-state index in [2.05, 4.69) is 15.4 Å². The Bertz CT molecular complexity index is 493. The molecule has 8 heteroatoms. The Morgan fingerprint density at radius 2 is 2.50 bits per heavy atom. The van der Waals surface area contributed by atoms with Gasteiger partial charge in [-0.25, -0.2) is 4.98 Å². The van der Waals surface area contributed by atoms with Crippen molar-refractivity contribution in [3.63, 3.8) is 0 Å². The number of rotatable bonds is 4. The first-order chi connectivity index (χ1) is 7.66. The van der Waals surface area contributed by atoms with Crippen molar-refractivity contribution < 1.29 is 4.92 Å². The minimum Gasteiger partial charge on any atom is -0.357 e. The average molecular weight is 239 g/mol. The predicted molar refractivity (Wildman–Crippen MR) is 59.3 cm³/mol. The Morgan fingerprint density at radius 3 is 3.12 bits per heavy atom. The van der Waals surface area contributed by atoms with Crippen LogP contribution in [-0.4, -0.2) is 19.7 Å².